The van der Waals surface area contributed by atoms with Crippen LogP contribution in [0.4, 0.5) is 0 Å². The van der Waals surface area contributed by atoms with Gasteiger partial charge in [0.25, 0.3) is 0 Å². The zero-order valence-electron chi connectivity index (χ0n) is 15.3. The molecule has 1 amide bonds. The van der Waals surface area contributed by atoms with Gasteiger partial charge in [-0.3, -0.25) is 4.79 Å². The summed E-state index contributed by atoms with van der Waals surface area (Å²) in [6.07, 6.45) is 4.65. The van der Waals surface area contributed by atoms with Crippen LogP contribution in [0.2, 0.25) is 0 Å². The Morgan fingerprint density at radius 1 is 1.08 bits per heavy atom. The van der Waals surface area contributed by atoms with Gasteiger partial charge in [-0.25, -0.2) is 0 Å². The highest BCUT2D eigenvalue weighted by atomic mass is 16.5. The van der Waals surface area contributed by atoms with Crippen molar-refractivity contribution in [2.45, 2.75) is 44.2 Å². The van der Waals surface area contributed by atoms with E-state index in [2.05, 4.69) is 5.32 Å². The Hall–Kier alpha value is -1.95. The molecule has 6 nitrogen and oxygen atoms in total. The van der Waals surface area contributed by atoms with Gasteiger partial charge in [0.05, 0.1) is 21.3 Å². The number of fused-ring (bicyclic) bond motifs is 2. The van der Waals surface area contributed by atoms with Gasteiger partial charge in [-0.05, 0) is 43.4 Å². The largest absolute Gasteiger partial charge is 0.493 e. The maximum absolute atomic E-state index is 12.6. The second-order valence-electron chi connectivity index (χ2n) is 6.80. The summed E-state index contributed by atoms with van der Waals surface area (Å²) in [7, 11) is 4.79. The molecule has 2 aliphatic heterocycles. The molecule has 2 fully saturated rings. The number of benzene rings is 1. The van der Waals surface area contributed by atoms with Gasteiger partial charge >= 0.3 is 0 Å². The van der Waals surface area contributed by atoms with E-state index < -0.39 is 0 Å². The zero-order valence-corrected chi connectivity index (χ0v) is 15.3. The molecule has 0 saturated carbocycles. The molecule has 3 rings (SSSR count). The number of aryl methyl sites for hydroxylation is 1. The van der Waals surface area contributed by atoms with E-state index in [1.807, 2.05) is 17.0 Å². The van der Waals surface area contributed by atoms with Crippen molar-refractivity contribution in [3.05, 3.63) is 17.7 Å². The van der Waals surface area contributed by atoms with Crippen molar-refractivity contribution in [1.82, 2.24) is 10.2 Å². The van der Waals surface area contributed by atoms with Gasteiger partial charge in [0, 0.05) is 31.6 Å². The lowest BCUT2D eigenvalue weighted by atomic mass is 10.1. The molecule has 0 spiro atoms. The number of hydrogen-bond donors (Lipinski definition) is 1. The number of methoxy groups -OCH3 is 3. The van der Waals surface area contributed by atoms with Crippen LogP contribution in [0.3, 0.4) is 0 Å². The minimum Gasteiger partial charge on any atom is -0.493 e. The summed E-state index contributed by atoms with van der Waals surface area (Å²) in [5.74, 6) is 2.05. The molecule has 0 aromatic heterocycles. The molecule has 2 saturated heterocycles. The predicted octanol–water partition coefficient (Wildman–Crippen LogP) is 2.00. The molecule has 2 heterocycles. The third kappa shape index (κ3) is 4.00. The second kappa shape index (κ2) is 7.95. The van der Waals surface area contributed by atoms with Crippen LogP contribution in [-0.4, -0.2) is 57.3 Å². The Labute approximate surface area is 149 Å². The molecule has 25 heavy (non-hydrogen) atoms. The summed E-state index contributed by atoms with van der Waals surface area (Å²) in [5, 5.41) is 3.61. The third-order valence-electron chi connectivity index (χ3n) is 5.23. The monoisotopic (exact) mass is 348 g/mol. The summed E-state index contributed by atoms with van der Waals surface area (Å²) < 4.78 is 16.1. The first-order valence-corrected chi connectivity index (χ1v) is 8.97. The average Bonchev–Trinajstić information content (AvgIpc) is 2.97. The van der Waals surface area contributed by atoms with Crippen LogP contribution in [0.25, 0.3) is 0 Å². The number of nitrogens with one attached hydrogen (secondary N) is 1. The summed E-state index contributed by atoms with van der Waals surface area (Å²) in [4.78, 5) is 14.7. The minimum absolute atomic E-state index is 0.225. The highest BCUT2D eigenvalue weighted by molar-refractivity contribution is 5.76. The van der Waals surface area contributed by atoms with E-state index in [1.54, 1.807) is 21.3 Å². The van der Waals surface area contributed by atoms with Crippen molar-refractivity contribution >= 4 is 5.91 Å². The van der Waals surface area contributed by atoms with Crippen molar-refractivity contribution in [3.8, 4) is 17.2 Å². The zero-order chi connectivity index (χ0) is 17.8. The first-order valence-electron chi connectivity index (χ1n) is 8.97. The number of nitrogens with zero attached hydrogens (tertiary/aromatic N) is 1. The quantitative estimate of drug-likeness (QED) is 0.852. The Balaban J connectivity index is 1.63. The Kier molecular flexibility index (Phi) is 5.68. The fourth-order valence-corrected chi connectivity index (χ4v) is 3.86. The molecule has 138 valence electrons. The number of amides is 1. The number of likely N-dealkylation sites (tertiary alicyclic amines) is 1. The lowest BCUT2D eigenvalue weighted by Crippen LogP contribution is -2.39. The van der Waals surface area contributed by atoms with E-state index >= 15 is 0 Å². The number of ether oxygens (including phenoxy) is 3. The van der Waals surface area contributed by atoms with E-state index in [0.717, 1.165) is 25.1 Å². The first kappa shape index (κ1) is 17.9. The summed E-state index contributed by atoms with van der Waals surface area (Å²) in [6.45, 7) is 1.70. The van der Waals surface area contributed by atoms with E-state index in [4.69, 9.17) is 14.2 Å². The number of carbonyl (C=O) groups is 1. The highest BCUT2D eigenvalue weighted by Gasteiger charge is 2.30. The van der Waals surface area contributed by atoms with Crippen molar-refractivity contribution < 1.29 is 19.0 Å². The molecule has 1 aromatic rings. The van der Waals surface area contributed by atoms with Crippen LogP contribution in [0, 0.1) is 0 Å². The van der Waals surface area contributed by atoms with Crippen molar-refractivity contribution in [3.63, 3.8) is 0 Å². The van der Waals surface area contributed by atoms with Gasteiger partial charge in [-0.2, -0.15) is 0 Å². The molecule has 0 radical (unpaired) electrons. The maximum Gasteiger partial charge on any atom is 0.222 e. The molecule has 1 aromatic carbocycles. The first-order chi connectivity index (χ1) is 12.1. The molecular formula is C19H28N2O4. The van der Waals surface area contributed by atoms with Gasteiger partial charge in [0.2, 0.25) is 11.7 Å². The average molecular weight is 348 g/mol. The predicted molar refractivity (Wildman–Crippen MR) is 95.6 cm³/mol. The number of rotatable bonds is 6. The van der Waals surface area contributed by atoms with E-state index in [-0.39, 0.29) is 5.91 Å². The Morgan fingerprint density at radius 3 is 2.40 bits per heavy atom. The number of hydrogen-bond acceptors (Lipinski definition) is 5. The van der Waals surface area contributed by atoms with E-state index in [1.165, 1.54) is 12.8 Å². The van der Waals surface area contributed by atoms with Crippen LogP contribution >= 0.6 is 0 Å². The van der Waals surface area contributed by atoms with Gasteiger partial charge < -0.3 is 24.4 Å². The molecule has 0 aliphatic carbocycles. The molecule has 2 bridgehead atoms. The Morgan fingerprint density at radius 2 is 1.76 bits per heavy atom. The van der Waals surface area contributed by atoms with Crippen LogP contribution in [-0.2, 0) is 11.2 Å². The third-order valence-corrected chi connectivity index (χ3v) is 5.23. The standard InChI is InChI=1S/C19H28N2O4/c1-23-16-10-13(11-17(24-2)19(16)25-3)4-7-18(22)21-9-8-14-5-6-15(12-21)20-14/h10-11,14-15,20H,4-9,12H2,1-3H3. The molecule has 6 heteroatoms. The van der Waals surface area contributed by atoms with Gasteiger partial charge in [-0.15, -0.1) is 0 Å². The summed E-state index contributed by atoms with van der Waals surface area (Å²) in [6, 6.07) is 4.90. The lowest BCUT2D eigenvalue weighted by molar-refractivity contribution is -0.131. The van der Waals surface area contributed by atoms with Gasteiger partial charge in [0.1, 0.15) is 0 Å². The van der Waals surface area contributed by atoms with Crippen LogP contribution in [0.1, 0.15) is 31.2 Å². The van der Waals surface area contributed by atoms with Crippen LogP contribution < -0.4 is 19.5 Å². The van der Waals surface area contributed by atoms with Crippen molar-refractivity contribution in [2.24, 2.45) is 0 Å². The molecule has 1 N–H and O–H groups in total. The molecular weight excluding hydrogens is 320 g/mol. The van der Waals surface area contributed by atoms with Gasteiger partial charge in [-0.1, -0.05) is 0 Å². The fraction of sp³-hybridized carbons (Fsp3) is 0.632. The molecule has 2 aliphatic rings. The number of carbonyl (C=O) groups excluding carboxylic acids is 1. The normalized spacial score (nSPS) is 22.4. The van der Waals surface area contributed by atoms with E-state index in [0.29, 0.717) is 42.2 Å². The summed E-state index contributed by atoms with van der Waals surface area (Å²) in [5.41, 5.74) is 1.01. The van der Waals surface area contributed by atoms with Gasteiger partial charge in [0.15, 0.2) is 11.5 Å². The van der Waals surface area contributed by atoms with Crippen molar-refractivity contribution in [2.75, 3.05) is 34.4 Å². The SMILES string of the molecule is COc1cc(CCC(=O)N2CCC3CCC(C2)N3)cc(OC)c1OC. The molecule has 2 unspecified atom stereocenters. The van der Waals surface area contributed by atoms with Crippen LogP contribution in [0.15, 0.2) is 12.1 Å². The lowest BCUT2D eigenvalue weighted by Gasteiger charge is -2.24. The summed E-state index contributed by atoms with van der Waals surface area (Å²) >= 11 is 0. The Bertz CT molecular complexity index is 594. The topological polar surface area (TPSA) is 60.0 Å². The van der Waals surface area contributed by atoms with E-state index in [9.17, 15) is 4.79 Å². The minimum atomic E-state index is 0.225. The fourth-order valence-electron chi connectivity index (χ4n) is 3.86. The molecule has 2 atom stereocenters. The van der Waals surface area contributed by atoms with Crippen molar-refractivity contribution in [1.29, 1.82) is 0 Å². The second-order valence-corrected chi connectivity index (χ2v) is 6.80. The maximum atomic E-state index is 12.6. The smallest absolute Gasteiger partial charge is 0.222 e. The van der Waals surface area contributed by atoms with Crippen LogP contribution in [0.5, 0.6) is 17.2 Å². The highest BCUT2D eigenvalue weighted by Crippen LogP contribution is 2.38.